The molecule has 0 aliphatic carbocycles. The number of halogens is 3. The average Bonchev–Trinajstić information content (AvgIpc) is 2.94. The van der Waals surface area contributed by atoms with Crippen LogP contribution in [-0.2, 0) is 6.18 Å². The number of hydrogen-bond donors (Lipinski definition) is 2. The van der Waals surface area contributed by atoms with Crippen molar-refractivity contribution >= 4 is 22.5 Å². The molecule has 3 aromatic rings. The second kappa shape index (κ2) is 5.18. The molecule has 3 rings (SSSR count). The molecule has 0 unspecified atom stereocenters. The van der Waals surface area contributed by atoms with Gasteiger partial charge in [-0.15, -0.1) is 0 Å². The van der Waals surface area contributed by atoms with Gasteiger partial charge < -0.3 is 5.32 Å². The lowest BCUT2D eigenvalue weighted by molar-refractivity contribution is -0.137. The molecule has 0 bridgehead atoms. The number of benzene rings is 2. The van der Waals surface area contributed by atoms with Gasteiger partial charge in [-0.05, 0) is 36.4 Å². The first-order valence-electron chi connectivity index (χ1n) is 6.35. The summed E-state index contributed by atoms with van der Waals surface area (Å²) in [6, 6.07) is 9.35. The topological polar surface area (TPSA) is 57.8 Å². The highest BCUT2D eigenvalue weighted by molar-refractivity contribution is 6.05. The molecular weight excluding hydrogens is 295 g/mol. The molecule has 0 atom stereocenters. The van der Waals surface area contributed by atoms with Crippen molar-refractivity contribution in [3.05, 3.63) is 59.8 Å². The predicted molar refractivity (Wildman–Crippen MR) is 75.5 cm³/mol. The van der Waals surface area contributed by atoms with Gasteiger partial charge in [-0.25, -0.2) is 0 Å². The van der Waals surface area contributed by atoms with Gasteiger partial charge in [-0.3, -0.25) is 9.89 Å². The van der Waals surface area contributed by atoms with Crippen LogP contribution in [0.15, 0.2) is 48.7 Å². The number of rotatable bonds is 2. The van der Waals surface area contributed by atoms with E-state index in [0.29, 0.717) is 5.69 Å². The first kappa shape index (κ1) is 14.1. The molecule has 0 spiro atoms. The minimum Gasteiger partial charge on any atom is -0.322 e. The zero-order valence-electron chi connectivity index (χ0n) is 11.1. The Bertz CT molecular complexity index is 839. The number of aromatic nitrogens is 2. The third-order valence-electron chi connectivity index (χ3n) is 3.15. The maximum absolute atomic E-state index is 12.7. The number of fused-ring (bicyclic) bond motifs is 1. The number of amides is 1. The molecule has 112 valence electrons. The van der Waals surface area contributed by atoms with Gasteiger partial charge >= 0.3 is 6.18 Å². The second-order valence-electron chi connectivity index (χ2n) is 4.70. The Morgan fingerprint density at radius 2 is 1.95 bits per heavy atom. The van der Waals surface area contributed by atoms with Crippen LogP contribution in [0, 0.1) is 0 Å². The van der Waals surface area contributed by atoms with E-state index in [1.807, 2.05) is 0 Å². The van der Waals surface area contributed by atoms with Gasteiger partial charge in [0.2, 0.25) is 0 Å². The molecule has 7 heteroatoms. The summed E-state index contributed by atoms with van der Waals surface area (Å²) in [7, 11) is 0. The Hall–Kier alpha value is -2.83. The van der Waals surface area contributed by atoms with Crippen LogP contribution in [-0.4, -0.2) is 16.1 Å². The molecule has 0 aliphatic heterocycles. The van der Waals surface area contributed by atoms with Crippen LogP contribution in [0.25, 0.3) is 10.9 Å². The molecule has 1 aromatic heterocycles. The maximum atomic E-state index is 12.7. The maximum Gasteiger partial charge on any atom is 0.416 e. The summed E-state index contributed by atoms with van der Waals surface area (Å²) in [5, 5.41) is 9.99. The Balaban J connectivity index is 1.85. The first-order valence-corrected chi connectivity index (χ1v) is 6.35. The van der Waals surface area contributed by atoms with E-state index in [9.17, 15) is 18.0 Å². The van der Waals surface area contributed by atoms with Crippen molar-refractivity contribution in [3.8, 4) is 0 Å². The fourth-order valence-corrected chi connectivity index (χ4v) is 2.06. The summed E-state index contributed by atoms with van der Waals surface area (Å²) in [5.74, 6) is -0.603. The van der Waals surface area contributed by atoms with Crippen molar-refractivity contribution in [1.29, 1.82) is 0 Å². The number of hydrogen-bond acceptors (Lipinski definition) is 2. The van der Waals surface area contributed by atoms with Crippen LogP contribution in [0.2, 0.25) is 0 Å². The molecule has 4 nitrogen and oxygen atoms in total. The number of nitrogens with zero attached hydrogens (tertiary/aromatic N) is 1. The zero-order chi connectivity index (χ0) is 15.7. The molecule has 0 radical (unpaired) electrons. The van der Waals surface area contributed by atoms with Gasteiger partial charge in [-0.1, -0.05) is 6.07 Å². The quantitative estimate of drug-likeness (QED) is 0.756. The number of carbonyl (C=O) groups excluding carboxylic acids is 1. The van der Waals surface area contributed by atoms with Gasteiger partial charge in [-0.2, -0.15) is 18.3 Å². The Morgan fingerprint density at radius 3 is 2.73 bits per heavy atom. The molecule has 0 aliphatic rings. The Labute approximate surface area is 123 Å². The molecule has 0 saturated heterocycles. The first-order chi connectivity index (χ1) is 10.4. The van der Waals surface area contributed by atoms with E-state index in [2.05, 4.69) is 15.5 Å². The monoisotopic (exact) mass is 305 g/mol. The Kier molecular flexibility index (Phi) is 3.32. The molecule has 1 heterocycles. The van der Waals surface area contributed by atoms with Crippen LogP contribution in [0.3, 0.4) is 0 Å². The molecule has 22 heavy (non-hydrogen) atoms. The highest BCUT2D eigenvalue weighted by Gasteiger charge is 2.30. The van der Waals surface area contributed by atoms with Crippen LogP contribution < -0.4 is 5.32 Å². The van der Waals surface area contributed by atoms with Crippen molar-refractivity contribution in [2.24, 2.45) is 0 Å². The van der Waals surface area contributed by atoms with E-state index in [4.69, 9.17) is 0 Å². The van der Waals surface area contributed by atoms with Crippen LogP contribution >= 0.6 is 0 Å². The summed E-state index contributed by atoms with van der Waals surface area (Å²) < 4.78 is 38.0. The van der Waals surface area contributed by atoms with Crippen LogP contribution in [0.4, 0.5) is 18.9 Å². The van der Waals surface area contributed by atoms with Gasteiger partial charge in [0.05, 0.1) is 17.3 Å². The van der Waals surface area contributed by atoms with Gasteiger partial charge in [0.1, 0.15) is 0 Å². The standard InChI is InChI=1S/C15H10F3N3O/c16-15(17,18)11-3-1-2-9(6-11)14(22)20-12-4-5-13-10(7-12)8-19-21-13/h1-8H,(H,19,21)(H,20,22). The smallest absolute Gasteiger partial charge is 0.322 e. The van der Waals surface area contributed by atoms with Crippen molar-refractivity contribution in [1.82, 2.24) is 10.2 Å². The normalized spacial score (nSPS) is 11.6. The lowest BCUT2D eigenvalue weighted by Gasteiger charge is -2.09. The number of nitrogens with one attached hydrogen (secondary N) is 2. The van der Waals surface area contributed by atoms with Gasteiger partial charge in [0.15, 0.2) is 0 Å². The molecule has 1 amide bonds. The number of anilines is 1. The minimum absolute atomic E-state index is 0.0536. The zero-order valence-corrected chi connectivity index (χ0v) is 11.1. The summed E-state index contributed by atoms with van der Waals surface area (Å²) in [5.41, 5.74) is 0.376. The van der Waals surface area contributed by atoms with Crippen LogP contribution in [0.5, 0.6) is 0 Å². The fraction of sp³-hybridized carbons (Fsp3) is 0.0667. The molecule has 2 N–H and O–H groups in total. The molecule has 2 aromatic carbocycles. The van der Waals surface area contributed by atoms with Crippen molar-refractivity contribution in [2.75, 3.05) is 5.32 Å². The fourth-order valence-electron chi connectivity index (χ4n) is 2.06. The van der Waals surface area contributed by atoms with Crippen molar-refractivity contribution in [3.63, 3.8) is 0 Å². The van der Waals surface area contributed by atoms with Gasteiger partial charge in [0, 0.05) is 16.6 Å². The van der Waals surface area contributed by atoms with E-state index in [1.165, 1.54) is 12.1 Å². The largest absolute Gasteiger partial charge is 0.416 e. The summed E-state index contributed by atoms with van der Waals surface area (Å²) >= 11 is 0. The summed E-state index contributed by atoms with van der Waals surface area (Å²) in [6.45, 7) is 0. The van der Waals surface area contributed by atoms with E-state index >= 15 is 0 Å². The lowest BCUT2D eigenvalue weighted by atomic mass is 10.1. The van der Waals surface area contributed by atoms with Gasteiger partial charge in [0.25, 0.3) is 5.91 Å². The second-order valence-corrected chi connectivity index (χ2v) is 4.70. The third-order valence-corrected chi connectivity index (χ3v) is 3.15. The predicted octanol–water partition coefficient (Wildman–Crippen LogP) is 3.83. The van der Waals surface area contributed by atoms with E-state index in [0.717, 1.165) is 23.0 Å². The number of carbonyl (C=O) groups is 1. The lowest BCUT2D eigenvalue weighted by Crippen LogP contribution is -2.13. The van der Waals surface area contributed by atoms with E-state index in [-0.39, 0.29) is 5.56 Å². The summed E-state index contributed by atoms with van der Waals surface area (Å²) in [4.78, 5) is 12.1. The third kappa shape index (κ3) is 2.78. The van der Waals surface area contributed by atoms with E-state index in [1.54, 1.807) is 24.4 Å². The highest BCUT2D eigenvalue weighted by atomic mass is 19.4. The minimum atomic E-state index is -4.48. The van der Waals surface area contributed by atoms with Crippen molar-refractivity contribution < 1.29 is 18.0 Å². The van der Waals surface area contributed by atoms with Crippen LogP contribution in [0.1, 0.15) is 15.9 Å². The van der Waals surface area contributed by atoms with E-state index < -0.39 is 17.6 Å². The molecule has 0 fully saturated rings. The number of alkyl halides is 3. The number of aromatic amines is 1. The highest BCUT2D eigenvalue weighted by Crippen LogP contribution is 2.29. The summed E-state index contributed by atoms with van der Waals surface area (Å²) in [6.07, 6.45) is -2.89. The Morgan fingerprint density at radius 1 is 1.14 bits per heavy atom. The SMILES string of the molecule is O=C(Nc1ccc2[nH]ncc2c1)c1cccc(C(F)(F)F)c1. The molecule has 0 saturated carbocycles. The van der Waals surface area contributed by atoms with Crippen molar-refractivity contribution in [2.45, 2.75) is 6.18 Å². The number of H-pyrrole nitrogens is 1. The molecular formula is C15H10F3N3O. The average molecular weight is 305 g/mol.